The molecule has 0 heterocycles. The topological polar surface area (TPSA) is 66.4 Å². The van der Waals surface area contributed by atoms with Gasteiger partial charge in [-0.05, 0) is 18.6 Å². The molecule has 16 heavy (non-hydrogen) atoms. The molecule has 4 nitrogen and oxygen atoms in total. The van der Waals surface area contributed by atoms with Crippen LogP contribution in [0, 0.1) is 0 Å². The zero-order chi connectivity index (χ0) is 12.1. The van der Waals surface area contributed by atoms with Crippen molar-refractivity contribution in [1.82, 2.24) is 5.32 Å². The molecule has 0 unspecified atom stereocenters. The van der Waals surface area contributed by atoms with E-state index < -0.39 is 12.0 Å². The first-order valence-electron chi connectivity index (χ1n) is 4.76. The SMILES string of the molecule is C[C@@H](NC(=O)Cc1ccccc1Br)C(=O)O. The number of amides is 1. The first-order chi connectivity index (χ1) is 7.50. The summed E-state index contributed by atoms with van der Waals surface area (Å²) in [6, 6.07) is 6.47. The zero-order valence-corrected chi connectivity index (χ0v) is 10.3. The summed E-state index contributed by atoms with van der Waals surface area (Å²) in [6.07, 6.45) is 0.166. The lowest BCUT2D eigenvalue weighted by Gasteiger charge is -2.09. The van der Waals surface area contributed by atoms with Gasteiger partial charge >= 0.3 is 5.97 Å². The van der Waals surface area contributed by atoms with Crippen molar-refractivity contribution in [2.24, 2.45) is 0 Å². The molecule has 0 radical (unpaired) electrons. The summed E-state index contributed by atoms with van der Waals surface area (Å²) in [5, 5.41) is 11.0. The van der Waals surface area contributed by atoms with Gasteiger partial charge in [0.15, 0.2) is 0 Å². The Morgan fingerprint density at radius 1 is 1.44 bits per heavy atom. The van der Waals surface area contributed by atoms with Crippen LogP contribution in [0.25, 0.3) is 0 Å². The van der Waals surface area contributed by atoms with Crippen LogP contribution in [0.1, 0.15) is 12.5 Å². The standard InChI is InChI=1S/C11H12BrNO3/c1-7(11(15)16)13-10(14)6-8-4-2-3-5-9(8)12/h2-5,7H,6H2,1H3,(H,13,14)(H,15,16)/t7-/m1/s1. The van der Waals surface area contributed by atoms with E-state index in [-0.39, 0.29) is 12.3 Å². The molecule has 0 saturated carbocycles. The fourth-order valence-electron chi connectivity index (χ4n) is 1.17. The van der Waals surface area contributed by atoms with Crippen LogP contribution in [-0.4, -0.2) is 23.0 Å². The van der Waals surface area contributed by atoms with Crippen LogP contribution in [0.4, 0.5) is 0 Å². The average molecular weight is 286 g/mol. The van der Waals surface area contributed by atoms with E-state index in [1.165, 1.54) is 6.92 Å². The highest BCUT2D eigenvalue weighted by molar-refractivity contribution is 9.10. The molecule has 1 amide bonds. The molecule has 86 valence electrons. The van der Waals surface area contributed by atoms with Gasteiger partial charge < -0.3 is 10.4 Å². The first-order valence-corrected chi connectivity index (χ1v) is 5.55. The molecule has 1 rings (SSSR count). The van der Waals surface area contributed by atoms with Gasteiger partial charge in [0.05, 0.1) is 6.42 Å². The van der Waals surface area contributed by atoms with Gasteiger partial charge in [-0.15, -0.1) is 0 Å². The minimum Gasteiger partial charge on any atom is -0.480 e. The summed E-state index contributed by atoms with van der Waals surface area (Å²) < 4.78 is 0.841. The number of carbonyl (C=O) groups is 2. The second-order valence-corrected chi connectivity index (χ2v) is 4.25. The van der Waals surface area contributed by atoms with Crippen LogP contribution in [0.15, 0.2) is 28.7 Å². The Morgan fingerprint density at radius 3 is 2.62 bits per heavy atom. The van der Waals surface area contributed by atoms with Crippen LogP contribution >= 0.6 is 15.9 Å². The molecule has 0 saturated heterocycles. The number of carboxylic acids is 1. The van der Waals surface area contributed by atoms with Crippen LogP contribution in [0.2, 0.25) is 0 Å². The van der Waals surface area contributed by atoms with Gasteiger partial charge in [-0.1, -0.05) is 34.1 Å². The Morgan fingerprint density at radius 2 is 2.06 bits per heavy atom. The van der Waals surface area contributed by atoms with Crippen LogP contribution in [-0.2, 0) is 16.0 Å². The van der Waals surface area contributed by atoms with E-state index in [9.17, 15) is 9.59 Å². The Kier molecular flexibility index (Phi) is 4.49. The van der Waals surface area contributed by atoms with Crippen molar-refractivity contribution in [2.45, 2.75) is 19.4 Å². The molecule has 1 aromatic rings. The van der Waals surface area contributed by atoms with E-state index in [1.807, 2.05) is 24.3 Å². The number of benzene rings is 1. The smallest absolute Gasteiger partial charge is 0.325 e. The number of carboxylic acid groups (broad SMARTS) is 1. The number of hydrogen-bond donors (Lipinski definition) is 2. The minimum absolute atomic E-state index is 0.166. The third kappa shape index (κ3) is 3.66. The molecule has 0 aliphatic carbocycles. The van der Waals surface area contributed by atoms with Crippen molar-refractivity contribution in [3.63, 3.8) is 0 Å². The Bertz CT molecular complexity index is 406. The molecule has 1 atom stereocenters. The number of hydrogen-bond acceptors (Lipinski definition) is 2. The number of halogens is 1. The Hall–Kier alpha value is -1.36. The summed E-state index contributed by atoms with van der Waals surface area (Å²) in [5.41, 5.74) is 0.831. The predicted molar refractivity (Wildman–Crippen MR) is 63.1 cm³/mol. The molecule has 0 aliphatic heterocycles. The van der Waals surface area contributed by atoms with Crippen molar-refractivity contribution in [2.75, 3.05) is 0 Å². The first kappa shape index (κ1) is 12.7. The highest BCUT2D eigenvalue weighted by Gasteiger charge is 2.14. The summed E-state index contributed by atoms with van der Waals surface area (Å²) in [5.74, 6) is -1.35. The van der Waals surface area contributed by atoms with Crippen molar-refractivity contribution in [3.05, 3.63) is 34.3 Å². The number of rotatable bonds is 4. The van der Waals surface area contributed by atoms with Crippen molar-refractivity contribution < 1.29 is 14.7 Å². The summed E-state index contributed by atoms with van der Waals surface area (Å²) in [4.78, 5) is 22.0. The Labute approximate surface area is 102 Å². The van der Waals surface area contributed by atoms with E-state index in [0.29, 0.717) is 0 Å². The number of carbonyl (C=O) groups excluding carboxylic acids is 1. The normalized spacial score (nSPS) is 11.9. The lowest BCUT2D eigenvalue weighted by molar-refractivity contribution is -0.141. The number of aliphatic carboxylic acids is 1. The fourth-order valence-corrected chi connectivity index (χ4v) is 1.59. The quantitative estimate of drug-likeness (QED) is 0.883. The molecular formula is C11H12BrNO3. The highest BCUT2D eigenvalue weighted by atomic mass is 79.9. The van der Waals surface area contributed by atoms with Gasteiger partial charge in [0.1, 0.15) is 6.04 Å². The second-order valence-electron chi connectivity index (χ2n) is 3.40. The highest BCUT2D eigenvalue weighted by Crippen LogP contribution is 2.16. The van der Waals surface area contributed by atoms with Gasteiger partial charge in [-0.25, -0.2) is 0 Å². The lowest BCUT2D eigenvalue weighted by Crippen LogP contribution is -2.39. The predicted octanol–water partition coefficient (Wildman–Crippen LogP) is 1.58. The zero-order valence-electron chi connectivity index (χ0n) is 8.74. The van der Waals surface area contributed by atoms with Gasteiger partial charge in [0.2, 0.25) is 5.91 Å². The van der Waals surface area contributed by atoms with Crippen molar-refractivity contribution >= 4 is 27.8 Å². The lowest BCUT2D eigenvalue weighted by atomic mass is 10.1. The molecule has 0 bridgehead atoms. The van der Waals surface area contributed by atoms with Gasteiger partial charge in [-0.3, -0.25) is 9.59 Å². The largest absolute Gasteiger partial charge is 0.480 e. The molecule has 0 aliphatic rings. The maximum atomic E-state index is 11.5. The third-order valence-electron chi connectivity index (χ3n) is 2.06. The summed E-state index contributed by atoms with van der Waals surface area (Å²) >= 11 is 3.32. The van der Waals surface area contributed by atoms with E-state index in [2.05, 4.69) is 21.2 Å². The van der Waals surface area contributed by atoms with E-state index in [4.69, 9.17) is 5.11 Å². The minimum atomic E-state index is -1.04. The molecule has 0 aromatic heterocycles. The fraction of sp³-hybridized carbons (Fsp3) is 0.273. The molecular weight excluding hydrogens is 274 g/mol. The average Bonchev–Trinajstić information content (AvgIpc) is 2.21. The molecule has 1 aromatic carbocycles. The maximum absolute atomic E-state index is 11.5. The van der Waals surface area contributed by atoms with Gasteiger partial charge in [0.25, 0.3) is 0 Å². The molecule has 2 N–H and O–H groups in total. The molecule has 5 heteroatoms. The summed E-state index contributed by atoms with van der Waals surface area (Å²) in [7, 11) is 0. The summed E-state index contributed by atoms with van der Waals surface area (Å²) in [6.45, 7) is 1.43. The third-order valence-corrected chi connectivity index (χ3v) is 2.83. The Balaban J connectivity index is 2.59. The van der Waals surface area contributed by atoms with Crippen molar-refractivity contribution in [1.29, 1.82) is 0 Å². The second kappa shape index (κ2) is 5.65. The van der Waals surface area contributed by atoms with Gasteiger partial charge in [0, 0.05) is 4.47 Å². The van der Waals surface area contributed by atoms with E-state index >= 15 is 0 Å². The van der Waals surface area contributed by atoms with Crippen LogP contribution < -0.4 is 5.32 Å². The molecule has 0 fully saturated rings. The van der Waals surface area contributed by atoms with Gasteiger partial charge in [-0.2, -0.15) is 0 Å². The van der Waals surface area contributed by atoms with E-state index in [1.54, 1.807) is 0 Å². The monoisotopic (exact) mass is 285 g/mol. The van der Waals surface area contributed by atoms with Crippen LogP contribution in [0.3, 0.4) is 0 Å². The van der Waals surface area contributed by atoms with E-state index in [0.717, 1.165) is 10.0 Å². The molecule has 0 spiro atoms. The number of nitrogens with one attached hydrogen (secondary N) is 1. The maximum Gasteiger partial charge on any atom is 0.325 e. The van der Waals surface area contributed by atoms with Crippen LogP contribution in [0.5, 0.6) is 0 Å². The van der Waals surface area contributed by atoms with Crippen molar-refractivity contribution in [3.8, 4) is 0 Å².